The van der Waals surface area contributed by atoms with Crippen LogP contribution in [0.3, 0.4) is 0 Å². The summed E-state index contributed by atoms with van der Waals surface area (Å²) in [6, 6.07) is 9.85. The lowest BCUT2D eigenvalue weighted by molar-refractivity contribution is 0.123. The molecule has 4 aromatic rings. The summed E-state index contributed by atoms with van der Waals surface area (Å²) in [5.41, 5.74) is 3.98. The van der Waals surface area contributed by atoms with Crippen LogP contribution in [-0.2, 0) is 13.1 Å². The molecular weight excluding hydrogens is 530 g/mol. The number of hydrogen-bond acceptors (Lipinski definition) is 9. The Balaban J connectivity index is 1.20. The van der Waals surface area contributed by atoms with Crippen molar-refractivity contribution in [3.63, 3.8) is 0 Å². The minimum atomic E-state index is -0.110. The van der Waals surface area contributed by atoms with Crippen LogP contribution in [0.1, 0.15) is 51.3 Å². The zero-order chi connectivity index (χ0) is 29.1. The summed E-state index contributed by atoms with van der Waals surface area (Å²) in [6.07, 6.45) is 7.62. The Bertz CT molecular complexity index is 1550. The van der Waals surface area contributed by atoms with Crippen molar-refractivity contribution in [1.82, 2.24) is 39.3 Å². The lowest BCUT2D eigenvalue weighted by Gasteiger charge is -2.32. The molecule has 2 fully saturated rings. The molecule has 222 valence electrons. The van der Waals surface area contributed by atoms with Crippen LogP contribution in [0.5, 0.6) is 5.88 Å². The number of aryl methyl sites for hydroxylation is 1. The van der Waals surface area contributed by atoms with Crippen molar-refractivity contribution in [2.45, 2.75) is 64.8 Å². The van der Waals surface area contributed by atoms with Crippen LogP contribution in [0, 0.1) is 0 Å². The van der Waals surface area contributed by atoms with Crippen molar-refractivity contribution >= 4 is 16.7 Å². The van der Waals surface area contributed by atoms with Crippen LogP contribution in [0.2, 0.25) is 0 Å². The van der Waals surface area contributed by atoms with E-state index in [1.54, 1.807) is 6.07 Å². The molecule has 0 aromatic carbocycles. The van der Waals surface area contributed by atoms with Gasteiger partial charge in [-0.05, 0) is 58.7 Å². The lowest BCUT2D eigenvalue weighted by atomic mass is 9.93. The van der Waals surface area contributed by atoms with E-state index in [9.17, 15) is 4.79 Å². The van der Waals surface area contributed by atoms with Gasteiger partial charge in [-0.15, -0.1) is 5.10 Å². The van der Waals surface area contributed by atoms with Gasteiger partial charge in [-0.1, -0.05) is 0 Å². The molecule has 2 aliphatic rings. The summed E-state index contributed by atoms with van der Waals surface area (Å²) >= 11 is 0. The average Bonchev–Trinajstić information content (AvgIpc) is 3.39. The van der Waals surface area contributed by atoms with E-state index in [4.69, 9.17) is 14.8 Å². The zero-order valence-electron chi connectivity index (χ0n) is 24.9. The zero-order valence-corrected chi connectivity index (χ0v) is 24.9. The Morgan fingerprint density at radius 2 is 1.76 bits per heavy atom. The summed E-state index contributed by atoms with van der Waals surface area (Å²) < 4.78 is 9.81. The molecule has 0 spiro atoms. The SMILES string of the molecule is CCNc1cc2c(cn1)c(-c1ccc(CN3CCN(C)CC3)nc1)nn2[C@H]1CC[C@@H](Oc2ccc(=O)n(CC)n2)CC1. The molecule has 5 heterocycles. The monoisotopic (exact) mass is 571 g/mol. The maximum Gasteiger partial charge on any atom is 0.266 e. The number of anilines is 1. The minimum absolute atomic E-state index is 0.0638. The molecule has 11 nitrogen and oxygen atoms in total. The van der Waals surface area contributed by atoms with Gasteiger partial charge in [0, 0.05) is 87.4 Å². The van der Waals surface area contributed by atoms with Gasteiger partial charge in [0.1, 0.15) is 17.6 Å². The first-order valence-corrected chi connectivity index (χ1v) is 15.2. The van der Waals surface area contributed by atoms with Gasteiger partial charge in [-0.25, -0.2) is 9.67 Å². The number of piperazine rings is 1. The van der Waals surface area contributed by atoms with E-state index in [0.717, 1.165) is 98.6 Å². The number of likely N-dealkylation sites (N-methyl/N-ethyl adjacent to an activating group) is 1. The standard InChI is InChI=1S/C31H41N9O2/c1-4-32-28-18-27-26(20-34-28)31(22-6-7-23(33-19-22)21-38-16-14-37(3)15-17-38)36-40(27)24-8-10-25(11-9-24)42-29-12-13-30(41)39(5-2)35-29/h6-7,12-13,18-20,24-25H,4-5,8-11,14-17,21H2,1-3H3,(H,32,34)/t24-,25+. The highest BCUT2D eigenvalue weighted by Crippen LogP contribution is 2.36. The van der Waals surface area contributed by atoms with E-state index in [0.29, 0.717) is 12.4 Å². The van der Waals surface area contributed by atoms with Crippen molar-refractivity contribution in [1.29, 1.82) is 0 Å². The van der Waals surface area contributed by atoms with Gasteiger partial charge >= 0.3 is 0 Å². The van der Waals surface area contributed by atoms with Crippen molar-refractivity contribution in [2.75, 3.05) is 45.1 Å². The summed E-state index contributed by atoms with van der Waals surface area (Å²) in [4.78, 5) is 26.2. The van der Waals surface area contributed by atoms with E-state index < -0.39 is 0 Å². The molecule has 1 aliphatic heterocycles. The Morgan fingerprint density at radius 3 is 2.48 bits per heavy atom. The molecule has 1 saturated heterocycles. The lowest BCUT2D eigenvalue weighted by Crippen LogP contribution is -2.43. The highest BCUT2D eigenvalue weighted by molar-refractivity contribution is 5.93. The Hall–Kier alpha value is -3.83. The Labute approximate surface area is 246 Å². The second kappa shape index (κ2) is 12.6. The van der Waals surface area contributed by atoms with Gasteiger partial charge in [0.2, 0.25) is 5.88 Å². The molecule has 6 rings (SSSR count). The maximum absolute atomic E-state index is 11.9. The molecule has 0 bridgehead atoms. The third kappa shape index (κ3) is 6.17. The molecule has 42 heavy (non-hydrogen) atoms. The van der Waals surface area contributed by atoms with Crippen molar-refractivity contribution in [2.24, 2.45) is 0 Å². The first kappa shape index (κ1) is 28.3. The fourth-order valence-corrected chi connectivity index (χ4v) is 5.99. The molecule has 0 amide bonds. The summed E-state index contributed by atoms with van der Waals surface area (Å²) in [6.45, 7) is 10.5. The average molecular weight is 572 g/mol. The second-order valence-electron chi connectivity index (χ2n) is 11.4. The number of pyridine rings is 2. The van der Waals surface area contributed by atoms with Gasteiger partial charge in [0.25, 0.3) is 5.56 Å². The molecular formula is C31H41N9O2. The van der Waals surface area contributed by atoms with Gasteiger partial charge in [0.05, 0.1) is 17.3 Å². The molecule has 0 atom stereocenters. The number of ether oxygens (including phenoxy) is 1. The van der Waals surface area contributed by atoms with E-state index in [2.05, 4.69) is 62.1 Å². The fraction of sp³-hybridized carbons (Fsp3) is 0.516. The highest BCUT2D eigenvalue weighted by atomic mass is 16.5. The van der Waals surface area contributed by atoms with E-state index in [1.807, 2.05) is 19.3 Å². The molecule has 1 N–H and O–H groups in total. The first-order chi connectivity index (χ1) is 20.5. The van der Waals surface area contributed by atoms with Gasteiger partial charge in [-0.3, -0.25) is 19.4 Å². The Kier molecular flexibility index (Phi) is 8.48. The minimum Gasteiger partial charge on any atom is -0.473 e. The highest BCUT2D eigenvalue weighted by Gasteiger charge is 2.27. The van der Waals surface area contributed by atoms with Crippen LogP contribution in [0.15, 0.2) is 47.5 Å². The molecule has 0 radical (unpaired) electrons. The molecule has 1 saturated carbocycles. The van der Waals surface area contributed by atoms with E-state index in [-0.39, 0.29) is 17.7 Å². The van der Waals surface area contributed by atoms with Crippen LogP contribution < -0.4 is 15.6 Å². The van der Waals surface area contributed by atoms with Gasteiger partial charge < -0.3 is 15.0 Å². The van der Waals surface area contributed by atoms with Crippen molar-refractivity contribution in [3.05, 3.63) is 58.8 Å². The summed E-state index contributed by atoms with van der Waals surface area (Å²) in [7, 11) is 2.18. The molecule has 4 aromatic heterocycles. The van der Waals surface area contributed by atoms with E-state index in [1.165, 1.54) is 10.7 Å². The third-order valence-corrected chi connectivity index (χ3v) is 8.45. The summed E-state index contributed by atoms with van der Waals surface area (Å²) in [5, 5.41) is 13.9. The quantitative estimate of drug-likeness (QED) is 0.321. The second-order valence-corrected chi connectivity index (χ2v) is 11.4. The predicted molar refractivity (Wildman–Crippen MR) is 164 cm³/mol. The number of rotatable bonds is 9. The number of fused-ring (bicyclic) bond motifs is 1. The first-order valence-electron chi connectivity index (χ1n) is 15.2. The maximum atomic E-state index is 11.9. The predicted octanol–water partition coefficient (Wildman–Crippen LogP) is 3.81. The van der Waals surface area contributed by atoms with E-state index >= 15 is 0 Å². The van der Waals surface area contributed by atoms with Crippen LogP contribution in [0.4, 0.5) is 5.82 Å². The van der Waals surface area contributed by atoms with Gasteiger partial charge in [0.15, 0.2) is 0 Å². The van der Waals surface area contributed by atoms with Crippen LogP contribution in [-0.4, -0.2) is 85.2 Å². The molecule has 1 aliphatic carbocycles. The number of hydrogen-bond donors (Lipinski definition) is 1. The summed E-state index contributed by atoms with van der Waals surface area (Å²) in [5.74, 6) is 1.36. The topological polar surface area (TPSA) is 106 Å². The van der Waals surface area contributed by atoms with Crippen LogP contribution in [0.25, 0.3) is 22.2 Å². The smallest absolute Gasteiger partial charge is 0.266 e. The van der Waals surface area contributed by atoms with Crippen LogP contribution >= 0.6 is 0 Å². The Morgan fingerprint density at radius 1 is 0.952 bits per heavy atom. The third-order valence-electron chi connectivity index (χ3n) is 8.45. The van der Waals surface area contributed by atoms with Crippen molar-refractivity contribution in [3.8, 4) is 17.1 Å². The van der Waals surface area contributed by atoms with Crippen molar-refractivity contribution < 1.29 is 4.74 Å². The number of aromatic nitrogens is 6. The fourth-order valence-electron chi connectivity index (χ4n) is 5.99. The normalized spacial score (nSPS) is 20.2. The van der Waals surface area contributed by atoms with Gasteiger partial charge in [-0.2, -0.15) is 5.10 Å². The number of nitrogens with one attached hydrogen (secondary N) is 1. The number of nitrogens with zero attached hydrogens (tertiary/aromatic N) is 8. The molecule has 11 heteroatoms. The molecule has 0 unspecified atom stereocenters. The largest absolute Gasteiger partial charge is 0.473 e.